The van der Waals surface area contributed by atoms with Crippen molar-refractivity contribution >= 4 is 33.6 Å². The van der Waals surface area contributed by atoms with Gasteiger partial charge in [-0.05, 0) is 30.7 Å². The van der Waals surface area contributed by atoms with Crippen LogP contribution in [0.25, 0.3) is 32.9 Å². The number of halogens is 1. The summed E-state index contributed by atoms with van der Waals surface area (Å²) < 4.78 is 29.3. The molecule has 0 saturated carbocycles. The normalized spacial score (nSPS) is 14.4. The van der Waals surface area contributed by atoms with Crippen LogP contribution >= 0.6 is 0 Å². The maximum absolute atomic E-state index is 15.3. The summed E-state index contributed by atoms with van der Waals surface area (Å²) in [6.45, 7) is 4.57. The van der Waals surface area contributed by atoms with Crippen LogP contribution in [0.15, 0.2) is 36.5 Å². The van der Waals surface area contributed by atoms with E-state index in [9.17, 15) is 4.79 Å². The van der Waals surface area contributed by atoms with Gasteiger partial charge in [0.15, 0.2) is 5.82 Å². The molecule has 8 nitrogen and oxygen atoms in total. The Bertz CT molecular complexity index is 1310. The van der Waals surface area contributed by atoms with Crippen molar-refractivity contribution in [3.05, 3.63) is 42.3 Å². The van der Waals surface area contributed by atoms with Gasteiger partial charge in [0.25, 0.3) is 0 Å². The van der Waals surface area contributed by atoms with Crippen molar-refractivity contribution in [3.8, 4) is 11.1 Å². The maximum Gasteiger partial charge on any atom is 0.327 e. The monoisotopic (exact) mass is 437 g/mol. The van der Waals surface area contributed by atoms with Crippen molar-refractivity contribution in [2.24, 2.45) is 7.05 Å². The third kappa shape index (κ3) is 3.48. The second-order valence-corrected chi connectivity index (χ2v) is 7.74. The number of nitrogens with zero attached hydrogens (tertiary/aromatic N) is 5. The summed E-state index contributed by atoms with van der Waals surface area (Å²) in [6, 6.07) is 8.97. The van der Waals surface area contributed by atoms with Gasteiger partial charge in [-0.2, -0.15) is 10.2 Å². The molecule has 0 amide bonds. The molecule has 1 saturated heterocycles. The fourth-order valence-electron chi connectivity index (χ4n) is 4.26. The highest BCUT2D eigenvalue weighted by Gasteiger charge is 2.24. The lowest BCUT2D eigenvalue weighted by Crippen LogP contribution is -2.36. The van der Waals surface area contributed by atoms with Gasteiger partial charge in [-0.3, -0.25) is 14.2 Å². The number of carbonyl (C=O) groups is 1. The van der Waals surface area contributed by atoms with Gasteiger partial charge in [-0.25, -0.2) is 4.39 Å². The standard InChI is InChI=1S/C23H24FN5O3/c1-3-32-21(30)14-29-19-6-4-5-16(22(19)23(26-29)28-7-9-31-10-8-28)17-12-20-15(11-18(17)24)13-25-27(20)2/h4-6,11-13H,3,7-10,14H2,1-2H3. The van der Waals surface area contributed by atoms with Crippen LogP contribution < -0.4 is 4.90 Å². The van der Waals surface area contributed by atoms with Crippen molar-refractivity contribution in [1.82, 2.24) is 19.6 Å². The van der Waals surface area contributed by atoms with Crippen LogP contribution in [-0.2, 0) is 27.9 Å². The second kappa shape index (κ2) is 8.23. The Morgan fingerprint density at radius 2 is 2.00 bits per heavy atom. The molecule has 166 valence electrons. The molecule has 0 bridgehead atoms. The molecule has 9 heteroatoms. The van der Waals surface area contributed by atoms with E-state index in [0.717, 1.165) is 27.4 Å². The number of carbonyl (C=O) groups excluding carboxylic acids is 1. The first-order chi connectivity index (χ1) is 15.6. The predicted octanol–water partition coefficient (Wildman–Crippen LogP) is 3.13. The minimum absolute atomic E-state index is 0.0125. The summed E-state index contributed by atoms with van der Waals surface area (Å²) in [5.41, 5.74) is 2.78. The van der Waals surface area contributed by atoms with Crippen LogP contribution in [0.2, 0.25) is 0 Å². The molecule has 32 heavy (non-hydrogen) atoms. The zero-order valence-corrected chi connectivity index (χ0v) is 18.0. The average molecular weight is 437 g/mol. The van der Waals surface area contributed by atoms with E-state index in [0.29, 0.717) is 44.3 Å². The predicted molar refractivity (Wildman–Crippen MR) is 119 cm³/mol. The Balaban J connectivity index is 1.73. The molecule has 4 aromatic rings. The Morgan fingerprint density at radius 3 is 2.78 bits per heavy atom. The maximum atomic E-state index is 15.3. The molecule has 1 fully saturated rings. The molecule has 0 N–H and O–H groups in total. The summed E-state index contributed by atoms with van der Waals surface area (Å²) in [6.07, 6.45) is 1.65. The number of aromatic nitrogens is 4. The van der Waals surface area contributed by atoms with Crippen molar-refractivity contribution in [1.29, 1.82) is 0 Å². The van der Waals surface area contributed by atoms with E-state index in [4.69, 9.17) is 14.6 Å². The number of hydrogen-bond acceptors (Lipinski definition) is 6. The fraction of sp³-hybridized carbons (Fsp3) is 0.348. The highest BCUT2D eigenvalue weighted by Crippen LogP contribution is 2.38. The van der Waals surface area contributed by atoms with E-state index < -0.39 is 0 Å². The first-order valence-corrected chi connectivity index (χ1v) is 10.7. The zero-order valence-electron chi connectivity index (χ0n) is 18.0. The molecule has 1 aliphatic heterocycles. The van der Waals surface area contributed by atoms with Crippen LogP contribution in [0.5, 0.6) is 0 Å². The zero-order chi connectivity index (χ0) is 22.2. The highest BCUT2D eigenvalue weighted by atomic mass is 19.1. The minimum Gasteiger partial charge on any atom is -0.465 e. The van der Waals surface area contributed by atoms with Crippen LogP contribution in [-0.4, -0.2) is 58.4 Å². The lowest BCUT2D eigenvalue weighted by molar-refractivity contribution is -0.143. The van der Waals surface area contributed by atoms with Gasteiger partial charge >= 0.3 is 5.97 Å². The average Bonchev–Trinajstić information content (AvgIpc) is 3.34. The SMILES string of the molecule is CCOC(=O)Cn1nc(N2CCOCC2)c2c(-c3cc4c(cnn4C)cc3F)cccc21. The number of benzene rings is 2. The van der Waals surface area contributed by atoms with Gasteiger partial charge in [0.2, 0.25) is 0 Å². The minimum atomic E-state index is -0.363. The molecule has 2 aromatic heterocycles. The Labute approximate surface area is 184 Å². The van der Waals surface area contributed by atoms with Crippen molar-refractivity contribution in [2.75, 3.05) is 37.8 Å². The smallest absolute Gasteiger partial charge is 0.327 e. The van der Waals surface area contributed by atoms with Crippen LogP contribution in [0.4, 0.5) is 10.2 Å². The summed E-state index contributed by atoms with van der Waals surface area (Å²) in [5.74, 6) is 0.0232. The quantitative estimate of drug-likeness (QED) is 0.447. The lowest BCUT2D eigenvalue weighted by atomic mass is 9.99. The van der Waals surface area contributed by atoms with Gasteiger partial charge in [-0.1, -0.05) is 12.1 Å². The number of hydrogen-bond donors (Lipinski definition) is 0. The summed E-state index contributed by atoms with van der Waals surface area (Å²) in [4.78, 5) is 14.3. The van der Waals surface area contributed by atoms with E-state index in [-0.39, 0.29) is 18.3 Å². The topological polar surface area (TPSA) is 74.4 Å². The number of ether oxygens (including phenoxy) is 2. The van der Waals surface area contributed by atoms with Gasteiger partial charge in [0, 0.05) is 31.1 Å². The summed E-state index contributed by atoms with van der Waals surface area (Å²) in [7, 11) is 1.83. The van der Waals surface area contributed by atoms with E-state index in [1.807, 2.05) is 31.3 Å². The Morgan fingerprint density at radius 1 is 1.19 bits per heavy atom. The molecule has 3 heterocycles. The van der Waals surface area contributed by atoms with Gasteiger partial charge < -0.3 is 14.4 Å². The highest BCUT2D eigenvalue weighted by molar-refractivity contribution is 6.04. The van der Waals surface area contributed by atoms with Gasteiger partial charge in [0.1, 0.15) is 12.4 Å². The molecular weight excluding hydrogens is 413 g/mol. The van der Waals surface area contributed by atoms with Crippen LogP contribution in [0.1, 0.15) is 6.92 Å². The number of esters is 1. The number of fused-ring (bicyclic) bond motifs is 2. The largest absolute Gasteiger partial charge is 0.465 e. The number of aryl methyl sites for hydroxylation is 1. The van der Waals surface area contributed by atoms with E-state index in [1.54, 1.807) is 22.5 Å². The lowest BCUT2D eigenvalue weighted by Gasteiger charge is -2.27. The third-order valence-corrected chi connectivity index (χ3v) is 5.78. The molecule has 2 aromatic carbocycles. The third-order valence-electron chi connectivity index (χ3n) is 5.78. The van der Waals surface area contributed by atoms with E-state index in [1.165, 1.54) is 6.07 Å². The Kier molecular flexibility index (Phi) is 5.26. The Hall–Kier alpha value is -3.46. The number of rotatable bonds is 5. The van der Waals surface area contributed by atoms with Crippen molar-refractivity contribution in [3.63, 3.8) is 0 Å². The van der Waals surface area contributed by atoms with E-state index >= 15 is 4.39 Å². The molecule has 5 rings (SSSR count). The molecule has 0 radical (unpaired) electrons. The fourth-order valence-corrected chi connectivity index (χ4v) is 4.26. The summed E-state index contributed by atoms with van der Waals surface area (Å²) in [5, 5.41) is 10.6. The first-order valence-electron chi connectivity index (χ1n) is 10.7. The molecule has 0 unspecified atom stereocenters. The first kappa shape index (κ1) is 20.4. The molecule has 1 aliphatic rings. The second-order valence-electron chi connectivity index (χ2n) is 7.74. The van der Waals surface area contributed by atoms with Crippen LogP contribution in [0, 0.1) is 5.82 Å². The van der Waals surface area contributed by atoms with Crippen molar-refractivity contribution < 1.29 is 18.7 Å². The van der Waals surface area contributed by atoms with Crippen molar-refractivity contribution in [2.45, 2.75) is 13.5 Å². The van der Waals surface area contributed by atoms with E-state index in [2.05, 4.69) is 10.00 Å². The van der Waals surface area contributed by atoms with Gasteiger partial charge in [-0.15, -0.1) is 0 Å². The number of anilines is 1. The summed E-state index contributed by atoms with van der Waals surface area (Å²) >= 11 is 0. The molecule has 0 spiro atoms. The van der Waals surface area contributed by atoms with Gasteiger partial charge in [0.05, 0.1) is 42.4 Å². The van der Waals surface area contributed by atoms with Crippen LogP contribution in [0.3, 0.4) is 0 Å². The molecular formula is C23H24FN5O3. The molecule has 0 atom stereocenters. The number of morpholine rings is 1. The molecule has 0 aliphatic carbocycles.